The van der Waals surface area contributed by atoms with E-state index in [1.807, 2.05) is 66.1 Å². The molecule has 2 aliphatic rings. The van der Waals surface area contributed by atoms with Crippen LogP contribution in [-0.4, -0.2) is 32.9 Å². The average Bonchev–Trinajstić information content (AvgIpc) is 3.46. The molecule has 1 atom stereocenters. The zero-order chi connectivity index (χ0) is 22.5. The average molecular weight is 444 g/mol. The van der Waals surface area contributed by atoms with E-state index >= 15 is 0 Å². The first-order chi connectivity index (χ1) is 16.3. The van der Waals surface area contributed by atoms with Gasteiger partial charge in [0.2, 0.25) is 5.96 Å². The summed E-state index contributed by atoms with van der Waals surface area (Å²) in [6, 6.07) is 15.5. The second-order valence-corrected chi connectivity index (χ2v) is 8.57. The van der Waals surface area contributed by atoms with Crippen molar-refractivity contribution >= 4 is 17.6 Å². The summed E-state index contributed by atoms with van der Waals surface area (Å²) in [5.41, 5.74) is 2.94. The maximum atomic E-state index is 12.6. The third kappa shape index (κ3) is 4.92. The van der Waals surface area contributed by atoms with Gasteiger partial charge in [-0.2, -0.15) is 0 Å². The molecule has 7 nitrogen and oxygen atoms in total. The van der Waals surface area contributed by atoms with E-state index in [9.17, 15) is 4.79 Å². The number of hydrogen-bond donors (Lipinski definition) is 1. The van der Waals surface area contributed by atoms with Crippen molar-refractivity contribution in [3.8, 4) is 5.75 Å². The summed E-state index contributed by atoms with van der Waals surface area (Å²) in [4.78, 5) is 23.4. The highest BCUT2D eigenvalue weighted by Crippen LogP contribution is 2.36. The maximum absolute atomic E-state index is 12.6. The predicted molar refractivity (Wildman–Crippen MR) is 127 cm³/mol. The van der Waals surface area contributed by atoms with Gasteiger partial charge in [-0.15, -0.1) is 0 Å². The van der Waals surface area contributed by atoms with Gasteiger partial charge in [-0.25, -0.2) is 9.98 Å². The zero-order valence-electron chi connectivity index (χ0n) is 18.7. The SMILES string of the molecule is O=C1NC2=Nc3ccc(OCCCCCCCn4ccnc4)cc3CN2C1c1ccccc1. The molecule has 1 aromatic heterocycles. The smallest absolute Gasteiger partial charge is 0.254 e. The molecule has 1 fully saturated rings. The number of guanidine groups is 1. The quantitative estimate of drug-likeness (QED) is 0.466. The highest BCUT2D eigenvalue weighted by molar-refractivity contribution is 6.08. The number of hydrogen-bond acceptors (Lipinski definition) is 5. The number of carbonyl (C=O) groups is 1. The summed E-state index contributed by atoms with van der Waals surface area (Å²) in [5.74, 6) is 1.46. The second kappa shape index (κ2) is 9.90. The van der Waals surface area contributed by atoms with Crippen molar-refractivity contribution < 1.29 is 9.53 Å². The van der Waals surface area contributed by atoms with Crippen LogP contribution < -0.4 is 10.1 Å². The molecule has 0 spiro atoms. The van der Waals surface area contributed by atoms with Crippen LogP contribution in [0.5, 0.6) is 5.75 Å². The van der Waals surface area contributed by atoms with E-state index in [0.717, 1.165) is 35.5 Å². The third-order valence-electron chi connectivity index (χ3n) is 6.19. The van der Waals surface area contributed by atoms with Crippen LogP contribution >= 0.6 is 0 Å². The number of aromatic nitrogens is 2. The molecule has 2 aromatic carbocycles. The molecule has 3 aromatic rings. The van der Waals surface area contributed by atoms with E-state index < -0.39 is 0 Å². The van der Waals surface area contributed by atoms with E-state index in [0.29, 0.717) is 19.1 Å². The largest absolute Gasteiger partial charge is 0.494 e. The summed E-state index contributed by atoms with van der Waals surface area (Å²) < 4.78 is 8.15. The molecule has 2 aliphatic heterocycles. The van der Waals surface area contributed by atoms with Crippen LogP contribution in [0.1, 0.15) is 49.3 Å². The second-order valence-electron chi connectivity index (χ2n) is 8.57. The molecular formula is C26H29N5O2. The van der Waals surface area contributed by atoms with Crippen LogP contribution in [0.2, 0.25) is 0 Å². The number of ether oxygens (including phenoxy) is 1. The molecule has 7 heteroatoms. The molecule has 1 unspecified atom stereocenters. The molecule has 5 rings (SSSR count). The summed E-state index contributed by atoms with van der Waals surface area (Å²) in [6.45, 7) is 2.38. The fourth-order valence-corrected chi connectivity index (χ4v) is 4.46. The van der Waals surface area contributed by atoms with Crippen LogP contribution in [0.4, 0.5) is 5.69 Å². The number of nitrogens with one attached hydrogen (secondary N) is 1. The van der Waals surface area contributed by atoms with Crippen molar-refractivity contribution in [2.75, 3.05) is 6.61 Å². The normalized spacial score (nSPS) is 16.7. The molecule has 0 bridgehead atoms. The van der Waals surface area contributed by atoms with Gasteiger partial charge in [0.15, 0.2) is 0 Å². The lowest BCUT2D eigenvalue weighted by Crippen LogP contribution is -2.33. The highest BCUT2D eigenvalue weighted by Gasteiger charge is 2.40. The molecule has 3 heterocycles. The van der Waals surface area contributed by atoms with Crippen LogP contribution in [0.3, 0.4) is 0 Å². The number of unbranched alkanes of at least 4 members (excludes halogenated alkanes) is 4. The standard InChI is InChI=1S/C26H29N5O2/c32-25-24(20-9-5-4-6-10-20)31-18-21-17-22(11-12-23(21)28-26(31)29-25)33-16-8-3-1-2-7-14-30-15-13-27-19-30/h4-6,9-13,15,17,19,24H,1-3,7-8,14,16,18H2,(H,28,29,32). The number of rotatable bonds is 10. The van der Waals surface area contributed by atoms with E-state index in [-0.39, 0.29) is 11.9 Å². The van der Waals surface area contributed by atoms with Gasteiger partial charge in [0.25, 0.3) is 5.91 Å². The lowest BCUT2D eigenvalue weighted by Gasteiger charge is -2.28. The summed E-state index contributed by atoms with van der Waals surface area (Å²) in [7, 11) is 0. The first-order valence-corrected chi connectivity index (χ1v) is 11.7. The van der Waals surface area contributed by atoms with Gasteiger partial charge in [-0.3, -0.25) is 10.1 Å². The van der Waals surface area contributed by atoms with Gasteiger partial charge in [0, 0.05) is 31.0 Å². The number of aliphatic imine (C=N–C) groups is 1. The summed E-state index contributed by atoms with van der Waals surface area (Å²) >= 11 is 0. The highest BCUT2D eigenvalue weighted by atomic mass is 16.5. The minimum atomic E-state index is -0.351. The van der Waals surface area contributed by atoms with Gasteiger partial charge in [0.05, 0.1) is 18.6 Å². The fraction of sp³-hybridized carbons (Fsp3) is 0.346. The van der Waals surface area contributed by atoms with E-state index in [1.165, 1.54) is 25.7 Å². The minimum Gasteiger partial charge on any atom is -0.494 e. The van der Waals surface area contributed by atoms with E-state index in [1.54, 1.807) is 0 Å². The minimum absolute atomic E-state index is 0.0331. The topological polar surface area (TPSA) is 71.7 Å². The maximum Gasteiger partial charge on any atom is 0.254 e. The van der Waals surface area contributed by atoms with Gasteiger partial charge < -0.3 is 14.2 Å². The van der Waals surface area contributed by atoms with Gasteiger partial charge in [-0.1, -0.05) is 49.6 Å². The molecule has 0 saturated carbocycles. The Hall–Kier alpha value is -3.61. The van der Waals surface area contributed by atoms with Gasteiger partial charge in [0.1, 0.15) is 11.8 Å². The Labute approximate surface area is 194 Å². The Morgan fingerprint density at radius 1 is 1.03 bits per heavy atom. The number of aryl methyl sites for hydroxylation is 1. The molecule has 1 saturated heterocycles. The van der Waals surface area contributed by atoms with Crippen molar-refractivity contribution in [2.24, 2.45) is 4.99 Å². The zero-order valence-corrected chi connectivity index (χ0v) is 18.7. The Kier molecular flexibility index (Phi) is 6.37. The molecule has 0 radical (unpaired) electrons. The molecule has 1 amide bonds. The molecule has 170 valence electrons. The van der Waals surface area contributed by atoms with E-state index in [4.69, 9.17) is 4.74 Å². The van der Waals surface area contributed by atoms with Gasteiger partial charge in [-0.05, 0) is 36.6 Å². The molecule has 0 aliphatic carbocycles. The predicted octanol–water partition coefficient (Wildman–Crippen LogP) is 4.59. The van der Waals surface area contributed by atoms with Crippen molar-refractivity contribution in [1.82, 2.24) is 19.8 Å². The Morgan fingerprint density at radius 3 is 2.73 bits per heavy atom. The number of benzene rings is 2. The summed E-state index contributed by atoms with van der Waals surface area (Å²) in [5, 5.41) is 2.93. The number of nitrogens with zero attached hydrogens (tertiary/aromatic N) is 4. The van der Waals surface area contributed by atoms with Crippen molar-refractivity contribution in [3.05, 3.63) is 78.4 Å². The van der Waals surface area contributed by atoms with Crippen LogP contribution in [-0.2, 0) is 17.9 Å². The number of carbonyl (C=O) groups excluding carboxylic acids is 1. The van der Waals surface area contributed by atoms with Crippen molar-refractivity contribution in [1.29, 1.82) is 0 Å². The molecular weight excluding hydrogens is 414 g/mol. The fourth-order valence-electron chi connectivity index (χ4n) is 4.46. The Balaban J connectivity index is 1.11. The van der Waals surface area contributed by atoms with E-state index in [2.05, 4.69) is 25.9 Å². The molecule has 33 heavy (non-hydrogen) atoms. The number of amides is 1. The van der Waals surface area contributed by atoms with Crippen LogP contribution in [0, 0.1) is 0 Å². The first-order valence-electron chi connectivity index (χ1n) is 11.7. The summed E-state index contributed by atoms with van der Waals surface area (Å²) in [6.07, 6.45) is 11.6. The lowest BCUT2D eigenvalue weighted by atomic mass is 10.0. The lowest BCUT2D eigenvalue weighted by molar-refractivity contribution is -0.121. The van der Waals surface area contributed by atoms with Crippen molar-refractivity contribution in [3.63, 3.8) is 0 Å². The monoisotopic (exact) mass is 443 g/mol. The van der Waals surface area contributed by atoms with Gasteiger partial charge >= 0.3 is 0 Å². The number of imidazole rings is 1. The number of fused-ring (bicyclic) bond motifs is 2. The van der Waals surface area contributed by atoms with Crippen LogP contribution in [0.25, 0.3) is 0 Å². The Bertz CT molecular complexity index is 1110. The molecule has 1 N–H and O–H groups in total. The first kappa shape index (κ1) is 21.2. The van der Waals surface area contributed by atoms with Crippen LogP contribution in [0.15, 0.2) is 72.2 Å². The van der Waals surface area contributed by atoms with Crippen molar-refractivity contribution in [2.45, 2.75) is 51.2 Å². The third-order valence-corrected chi connectivity index (χ3v) is 6.19. The Morgan fingerprint density at radius 2 is 1.88 bits per heavy atom.